The van der Waals surface area contributed by atoms with Crippen LogP contribution in [0.3, 0.4) is 0 Å². The van der Waals surface area contributed by atoms with Crippen molar-refractivity contribution in [2.24, 2.45) is 0 Å². The number of aliphatic hydroxyl groups excluding tert-OH is 3. The molecule has 5 nitrogen and oxygen atoms in total. The van der Waals surface area contributed by atoms with E-state index in [-0.39, 0.29) is 21.7 Å². The minimum atomic E-state index is 0. The summed E-state index contributed by atoms with van der Waals surface area (Å²) < 4.78 is 10.0. The summed E-state index contributed by atoms with van der Waals surface area (Å²) in [5.41, 5.74) is 0. The van der Waals surface area contributed by atoms with Crippen molar-refractivity contribution < 1.29 is 46.5 Å². The van der Waals surface area contributed by atoms with Crippen LogP contribution in [0.25, 0.3) is 0 Å². The van der Waals surface area contributed by atoms with Gasteiger partial charge < -0.3 is 31.7 Å². The molecule has 1 heterocycles. The predicted molar refractivity (Wildman–Crippen MR) is 82.7 cm³/mol. The summed E-state index contributed by atoms with van der Waals surface area (Å²) in [6.07, 6.45) is 3.88. The van der Waals surface area contributed by atoms with Gasteiger partial charge in [0.2, 0.25) is 0 Å². The molecular formula is C15H35O5Ti-. The first kappa shape index (κ1) is 29.5. The quantitative estimate of drug-likeness (QED) is 0.284. The van der Waals surface area contributed by atoms with Crippen molar-refractivity contribution in [1.29, 1.82) is 0 Å². The van der Waals surface area contributed by atoms with Crippen LogP contribution in [0.15, 0.2) is 0 Å². The largest absolute Gasteiger partial charge is 0.396 e. The first-order chi connectivity index (χ1) is 9.67. The fraction of sp³-hybridized carbons (Fsp3) is 0.933. The van der Waals surface area contributed by atoms with Crippen molar-refractivity contribution in [2.45, 2.75) is 52.6 Å². The molecule has 130 valence electrons. The van der Waals surface area contributed by atoms with Crippen LogP contribution < -0.4 is 0 Å². The molecule has 0 spiro atoms. The Morgan fingerprint density at radius 1 is 1.00 bits per heavy atom. The van der Waals surface area contributed by atoms with Gasteiger partial charge in [-0.1, -0.05) is 20.8 Å². The average Bonchev–Trinajstić information content (AvgIpc) is 3.32. The van der Waals surface area contributed by atoms with Crippen LogP contribution in [0.1, 0.15) is 46.5 Å². The van der Waals surface area contributed by atoms with E-state index in [4.69, 9.17) is 24.8 Å². The van der Waals surface area contributed by atoms with E-state index < -0.39 is 0 Å². The maximum absolute atomic E-state index is 7.88. The molecule has 0 amide bonds. The Morgan fingerprint density at radius 3 is 1.52 bits per heavy atom. The zero-order valence-electron chi connectivity index (χ0n) is 14.0. The molecule has 1 aliphatic heterocycles. The molecule has 0 aromatic carbocycles. The fourth-order valence-corrected chi connectivity index (χ4v) is 0.481. The minimum absolute atomic E-state index is 0. The first-order valence-electron chi connectivity index (χ1n) is 7.49. The molecule has 21 heavy (non-hydrogen) atoms. The molecular weight excluding hydrogens is 308 g/mol. The van der Waals surface area contributed by atoms with Crippen molar-refractivity contribution in [3.05, 3.63) is 6.92 Å². The minimum Gasteiger partial charge on any atom is -0.396 e. The Hall–Kier alpha value is 0.514. The van der Waals surface area contributed by atoms with Crippen LogP contribution in [0.2, 0.25) is 0 Å². The van der Waals surface area contributed by atoms with E-state index in [1.807, 2.05) is 20.8 Å². The Morgan fingerprint density at radius 2 is 1.33 bits per heavy atom. The maximum Gasteiger partial charge on any atom is 0.104 e. The second-order valence-electron chi connectivity index (χ2n) is 4.05. The number of epoxide rings is 1. The van der Waals surface area contributed by atoms with Gasteiger partial charge in [0.05, 0.1) is 13.2 Å². The molecule has 0 aromatic heterocycles. The third-order valence-electron chi connectivity index (χ3n) is 1.67. The molecule has 6 heteroatoms. The molecule has 0 aromatic rings. The third kappa shape index (κ3) is 53.0. The van der Waals surface area contributed by atoms with Crippen LogP contribution in [0.4, 0.5) is 0 Å². The molecule has 0 radical (unpaired) electrons. The Kier molecular flexibility index (Phi) is 45.6. The Bertz CT molecular complexity index is 120. The number of rotatable bonds is 7. The van der Waals surface area contributed by atoms with Gasteiger partial charge in [-0.3, -0.25) is 0 Å². The summed E-state index contributed by atoms with van der Waals surface area (Å²) >= 11 is 0. The van der Waals surface area contributed by atoms with E-state index in [1.54, 1.807) is 0 Å². The smallest absolute Gasteiger partial charge is 0.104 e. The van der Waals surface area contributed by atoms with E-state index in [0.717, 1.165) is 45.5 Å². The molecule has 1 aliphatic rings. The Labute approximate surface area is 145 Å². The van der Waals surface area contributed by atoms with E-state index in [0.29, 0.717) is 25.9 Å². The predicted octanol–water partition coefficient (Wildman–Crippen LogP) is 1.79. The molecule has 3 N–H and O–H groups in total. The number of hydrogen-bond acceptors (Lipinski definition) is 5. The van der Waals surface area contributed by atoms with Gasteiger partial charge in [-0.15, -0.1) is 0 Å². The monoisotopic (exact) mass is 343 g/mol. The maximum atomic E-state index is 7.88. The summed E-state index contributed by atoms with van der Waals surface area (Å²) in [5.74, 6) is 0. The van der Waals surface area contributed by atoms with Crippen LogP contribution in [-0.2, 0) is 31.2 Å². The van der Waals surface area contributed by atoms with Gasteiger partial charge in [0.1, 0.15) is 6.10 Å². The fourth-order valence-electron chi connectivity index (χ4n) is 0.481. The molecule has 1 rings (SSSR count). The average molecular weight is 343 g/mol. The summed E-state index contributed by atoms with van der Waals surface area (Å²) in [6.45, 7) is 12.8. The number of aliphatic hydroxyl groups is 3. The van der Waals surface area contributed by atoms with Crippen LogP contribution >= 0.6 is 0 Å². The summed E-state index contributed by atoms with van der Waals surface area (Å²) in [4.78, 5) is 0. The van der Waals surface area contributed by atoms with Gasteiger partial charge in [0.15, 0.2) is 0 Å². The van der Waals surface area contributed by atoms with Crippen LogP contribution in [0.5, 0.6) is 0 Å². The van der Waals surface area contributed by atoms with Gasteiger partial charge in [-0.05, 0) is 19.3 Å². The Balaban J connectivity index is -0.0000000973. The van der Waals surface area contributed by atoms with Gasteiger partial charge in [-0.2, -0.15) is 6.42 Å². The molecule has 0 bridgehead atoms. The second-order valence-corrected chi connectivity index (χ2v) is 4.05. The van der Waals surface area contributed by atoms with E-state index in [1.165, 1.54) is 0 Å². The van der Waals surface area contributed by atoms with Gasteiger partial charge in [0.25, 0.3) is 0 Å². The summed E-state index contributed by atoms with van der Waals surface area (Å²) in [6, 6.07) is 0. The zero-order chi connectivity index (χ0) is 16.1. The van der Waals surface area contributed by atoms with Crippen molar-refractivity contribution in [3.63, 3.8) is 0 Å². The molecule has 1 atom stereocenters. The van der Waals surface area contributed by atoms with Gasteiger partial charge >= 0.3 is 0 Å². The van der Waals surface area contributed by atoms with Crippen LogP contribution in [-0.4, -0.2) is 61.1 Å². The molecule has 1 unspecified atom stereocenters. The van der Waals surface area contributed by atoms with Crippen molar-refractivity contribution in [3.8, 4) is 0 Å². The van der Waals surface area contributed by atoms with Crippen molar-refractivity contribution in [1.82, 2.24) is 0 Å². The molecule has 1 fully saturated rings. The summed E-state index contributed by atoms with van der Waals surface area (Å²) in [5, 5.41) is 23.6. The van der Waals surface area contributed by atoms with Crippen molar-refractivity contribution in [2.75, 3.05) is 39.6 Å². The number of ether oxygens (including phenoxy) is 2. The van der Waals surface area contributed by atoms with E-state index in [2.05, 4.69) is 6.92 Å². The van der Waals surface area contributed by atoms with Gasteiger partial charge in [-0.25, -0.2) is 0 Å². The molecule has 1 saturated heterocycles. The third-order valence-corrected chi connectivity index (χ3v) is 1.67. The zero-order valence-corrected chi connectivity index (χ0v) is 15.6. The second kappa shape index (κ2) is 32.5. The molecule has 0 saturated carbocycles. The van der Waals surface area contributed by atoms with E-state index >= 15 is 0 Å². The first-order valence-corrected chi connectivity index (χ1v) is 7.49. The van der Waals surface area contributed by atoms with E-state index in [9.17, 15) is 0 Å². The van der Waals surface area contributed by atoms with Gasteiger partial charge in [0, 0.05) is 48.1 Å². The standard InChI is InChI=1S/C6H11O2.3C3H8O.Ti/c1-2-3-7-4-6-5-8-6;3*1-2-3-4;/h6H,1-5H2;3*4H,2-3H2,1H3;/q-1;;;;. The SMILES string of the molecule is CCCO.CCCO.CCCO.[CH2-]CCOCC1CO1.[Ti]. The number of hydrogen-bond donors (Lipinski definition) is 3. The summed E-state index contributed by atoms with van der Waals surface area (Å²) in [7, 11) is 0. The topological polar surface area (TPSA) is 82.5 Å². The normalized spacial score (nSPS) is 14.1. The van der Waals surface area contributed by atoms with Crippen molar-refractivity contribution >= 4 is 0 Å². The van der Waals surface area contributed by atoms with Crippen LogP contribution in [0, 0.1) is 6.92 Å². The molecule has 0 aliphatic carbocycles.